The zero-order chi connectivity index (χ0) is 13.0. The van der Waals surface area contributed by atoms with Gasteiger partial charge >= 0.3 is 0 Å². The molecule has 2 aliphatic rings. The molecule has 0 aromatic rings. The second-order valence-corrected chi connectivity index (χ2v) is 5.14. The van der Waals surface area contributed by atoms with E-state index in [4.69, 9.17) is 0 Å². The summed E-state index contributed by atoms with van der Waals surface area (Å²) in [5, 5.41) is 2.88. The first-order valence-corrected chi connectivity index (χ1v) is 7.04. The van der Waals surface area contributed by atoms with Crippen molar-refractivity contribution in [2.24, 2.45) is 0 Å². The lowest BCUT2D eigenvalue weighted by molar-refractivity contribution is -0.121. The van der Waals surface area contributed by atoms with Gasteiger partial charge in [-0.1, -0.05) is 26.2 Å². The lowest BCUT2D eigenvalue weighted by Gasteiger charge is -2.21. The van der Waals surface area contributed by atoms with Crippen LogP contribution in [-0.4, -0.2) is 29.2 Å². The van der Waals surface area contributed by atoms with Gasteiger partial charge in [-0.05, 0) is 19.3 Å². The molecule has 0 bridgehead atoms. The molecule has 0 aliphatic carbocycles. The van der Waals surface area contributed by atoms with Crippen LogP contribution in [0, 0.1) is 0 Å². The minimum Gasteiger partial charge on any atom is -0.348 e. The highest BCUT2D eigenvalue weighted by molar-refractivity contribution is 5.98. The van der Waals surface area contributed by atoms with Gasteiger partial charge in [-0.3, -0.25) is 9.59 Å². The average molecular weight is 250 g/mol. The second kappa shape index (κ2) is 6.03. The Balaban J connectivity index is 1.77. The average Bonchev–Trinajstić information content (AvgIpc) is 2.91. The molecule has 0 saturated carbocycles. The van der Waals surface area contributed by atoms with Gasteiger partial charge < -0.3 is 10.2 Å². The van der Waals surface area contributed by atoms with E-state index >= 15 is 0 Å². The van der Waals surface area contributed by atoms with Crippen LogP contribution < -0.4 is 5.32 Å². The van der Waals surface area contributed by atoms with Gasteiger partial charge in [-0.15, -0.1) is 0 Å². The van der Waals surface area contributed by atoms with Gasteiger partial charge in [0.25, 0.3) is 0 Å². The summed E-state index contributed by atoms with van der Waals surface area (Å²) in [6, 6.07) is 0.000362. The molecule has 2 rings (SSSR count). The molecular formula is C14H22N2O2. The fourth-order valence-corrected chi connectivity index (χ4v) is 2.69. The van der Waals surface area contributed by atoms with Crippen LogP contribution >= 0.6 is 0 Å². The van der Waals surface area contributed by atoms with Crippen LogP contribution in [0.5, 0.6) is 0 Å². The largest absolute Gasteiger partial charge is 0.348 e. The van der Waals surface area contributed by atoms with Crippen molar-refractivity contribution in [1.82, 2.24) is 10.2 Å². The molecule has 2 aliphatic heterocycles. The minimum absolute atomic E-state index is 0.000362. The molecule has 0 spiro atoms. The van der Waals surface area contributed by atoms with Crippen molar-refractivity contribution in [1.29, 1.82) is 0 Å². The zero-order valence-corrected chi connectivity index (χ0v) is 11.1. The summed E-state index contributed by atoms with van der Waals surface area (Å²) in [6.45, 7) is 3.04. The fraction of sp³-hybridized carbons (Fsp3) is 0.714. The molecule has 0 aromatic carbocycles. The molecule has 100 valence electrons. The number of rotatable bonds is 6. The van der Waals surface area contributed by atoms with Crippen LogP contribution in [0.4, 0.5) is 0 Å². The highest BCUT2D eigenvalue weighted by atomic mass is 16.2. The topological polar surface area (TPSA) is 49.4 Å². The van der Waals surface area contributed by atoms with Gasteiger partial charge in [-0.2, -0.15) is 0 Å². The van der Waals surface area contributed by atoms with E-state index in [1.807, 2.05) is 4.90 Å². The molecule has 18 heavy (non-hydrogen) atoms. The van der Waals surface area contributed by atoms with E-state index in [0.29, 0.717) is 6.42 Å². The number of hydrogen-bond acceptors (Lipinski definition) is 3. The summed E-state index contributed by atoms with van der Waals surface area (Å²) in [7, 11) is 0. The van der Waals surface area contributed by atoms with E-state index < -0.39 is 0 Å². The predicted octanol–water partition coefficient (Wildman–Crippen LogP) is 1.96. The van der Waals surface area contributed by atoms with Crippen LogP contribution in [0.1, 0.15) is 51.9 Å². The van der Waals surface area contributed by atoms with Crippen molar-refractivity contribution in [3.63, 3.8) is 0 Å². The highest BCUT2D eigenvalue weighted by Gasteiger charge is 2.36. The summed E-state index contributed by atoms with van der Waals surface area (Å²) in [4.78, 5) is 25.5. The summed E-state index contributed by atoms with van der Waals surface area (Å²) >= 11 is 0. The molecule has 4 heteroatoms. The lowest BCUT2D eigenvalue weighted by Crippen LogP contribution is -2.35. The Kier molecular flexibility index (Phi) is 4.39. The fourth-order valence-electron chi connectivity index (χ4n) is 2.69. The first-order chi connectivity index (χ1) is 8.72. The van der Waals surface area contributed by atoms with E-state index in [2.05, 4.69) is 12.2 Å². The Labute approximate surface area is 108 Å². The maximum Gasteiger partial charge on any atom is 0.225 e. The van der Waals surface area contributed by atoms with Gasteiger partial charge in [0.2, 0.25) is 5.91 Å². The third kappa shape index (κ3) is 2.92. The maximum atomic E-state index is 11.8. The molecular weight excluding hydrogens is 228 g/mol. The van der Waals surface area contributed by atoms with Crippen molar-refractivity contribution in [3.05, 3.63) is 11.9 Å². The van der Waals surface area contributed by atoms with Crippen LogP contribution in [0.3, 0.4) is 0 Å². The third-order valence-corrected chi connectivity index (χ3v) is 3.69. The number of unbranched alkanes of at least 4 members (excludes halogenated alkanes) is 3. The first-order valence-electron chi connectivity index (χ1n) is 7.04. The number of carbonyl (C=O) groups excluding carboxylic acids is 2. The number of amides is 1. The number of carbonyl (C=O) groups is 2. The smallest absolute Gasteiger partial charge is 0.225 e. The van der Waals surface area contributed by atoms with Gasteiger partial charge in [-0.25, -0.2) is 0 Å². The second-order valence-electron chi connectivity index (χ2n) is 5.14. The molecule has 1 atom stereocenters. The van der Waals surface area contributed by atoms with E-state index in [1.54, 1.807) is 6.08 Å². The number of nitrogens with one attached hydrogen (secondary N) is 1. The minimum atomic E-state index is 0.000362. The number of ketones is 1. The van der Waals surface area contributed by atoms with Crippen LogP contribution in [-0.2, 0) is 9.59 Å². The molecule has 1 saturated heterocycles. The molecule has 1 N–H and O–H groups in total. The quantitative estimate of drug-likeness (QED) is 0.733. The van der Waals surface area contributed by atoms with Crippen LogP contribution in [0.2, 0.25) is 0 Å². The van der Waals surface area contributed by atoms with Crippen molar-refractivity contribution in [2.75, 3.05) is 6.54 Å². The number of hydrogen-bond donors (Lipinski definition) is 1. The maximum absolute atomic E-state index is 11.8. The van der Waals surface area contributed by atoms with Crippen molar-refractivity contribution in [3.8, 4) is 0 Å². The normalized spacial score (nSPS) is 22.1. The van der Waals surface area contributed by atoms with Crippen LogP contribution in [0.25, 0.3) is 0 Å². The Hall–Kier alpha value is -1.32. The Morgan fingerprint density at radius 2 is 2.28 bits per heavy atom. The van der Waals surface area contributed by atoms with Crippen LogP contribution in [0.15, 0.2) is 11.9 Å². The molecule has 0 aromatic heterocycles. The number of fused-ring (bicyclic) bond motifs is 1. The highest BCUT2D eigenvalue weighted by Crippen LogP contribution is 2.27. The standard InChI is InChI=1S/C14H22N2O2/c1-2-3-4-5-8-14(18)15-13-10-12(17)11-7-6-9-16(11)13/h10-11H,2-9H2,1H3,(H,15,18). The molecule has 1 unspecified atom stereocenters. The first kappa shape index (κ1) is 13.1. The van der Waals surface area contributed by atoms with E-state index in [-0.39, 0.29) is 17.7 Å². The van der Waals surface area contributed by atoms with Gasteiger partial charge in [0.05, 0.1) is 6.04 Å². The molecule has 2 heterocycles. The zero-order valence-electron chi connectivity index (χ0n) is 11.1. The van der Waals surface area contributed by atoms with Crippen molar-refractivity contribution in [2.45, 2.75) is 57.9 Å². The van der Waals surface area contributed by atoms with Gasteiger partial charge in [0.15, 0.2) is 5.78 Å². The monoisotopic (exact) mass is 250 g/mol. The summed E-state index contributed by atoms with van der Waals surface area (Å²) in [5.74, 6) is 0.912. The van der Waals surface area contributed by atoms with E-state index in [1.165, 1.54) is 12.8 Å². The Morgan fingerprint density at radius 3 is 3.06 bits per heavy atom. The third-order valence-electron chi connectivity index (χ3n) is 3.69. The number of nitrogens with zero attached hydrogens (tertiary/aromatic N) is 1. The molecule has 1 fully saturated rings. The predicted molar refractivity (Wildman–Crippen MR) is 69.7 cm³/mol. The van der Waals surface area contributed by atoms with Crippen molar-refractivity contribution >= 4 is 11.7 Å². The molecule has 1 amide bonds. The lowest BCUT2D eigenvalue weighted by atomic mass is 10.1. The van der Waals surface area contributed by atoms with Gasteiger partial charge in [0, 0.05) is 19.0 Å². The Bertz CT molecular complexity index is 363. The van der Waals surface area contributed by atoms with Crippen molar-refractivity contribution < 1.29 is 9.59 Å². The summed E-state index contributed by atoms with van der Waals surface area (Å²) in [5.41, 5.74) is 0. The van der Waals surface area contributed by atoms with Gasteiger partial charge in [0.1, 0.15) is 5.82 Å². The summed E-state index contributed by atoms with van der Waals surface area (Å²) < 4.78 is 0. The SMILES string of the molecule is CCCCCCC(=O)NC1=CC(=O)C2CCCN12. The molecule has 4 nitrogen and oxygen atoms in total. The summed E-state index contributed by atoms with van der Waals surface area (Å²) in [6.07, 6.45) is 8.51. The van der Waals surface area contributed by atoms with E-state index in [9.17, 15) is 9.59 Å². The Morgan fingerprint density at radius 1 is 1.44 bits per heavy atom. The van der Waals surface area contributed by atoms with E-state index in [0.717, 1.165) is 38.0 Å². The molecule has 0 radical (unpaired) electrons.